The summed E-state index contributed by atoms with van der Waals surface area (Å²) >= 11 is 0. The summed E-state index contributed by atoms with van der Waals surface area (Å²) < 4.78 is 0. The maximum atomic E-state index is 13.3. The van der Waals surface area contributed by atoms with E-state index in [-0.39, 0.29) is 37.5 Å². The van der Waals surface area contributed by atoms with Crippen LogP contribution in [0.5, 0.6) is 5.75 Å². The molecule has 1 aromatic carbocycles. The van der Waals surface area contributed by atoms with Crippen molar-refractivity contribution in [1.29, 1.82) is 0 Å². The molecule has 0 spiro atoms. The van der Waals surface area contributed by atoms with Crippen molar-refractivity contribution in [3.63, 3.8) is 0 Å². The minimum absolute atomic E-state index is 0.0232. The number of aliphatic carboxylic acids is 1. The zero-order valence-electron chi connectivity index (χ0n) is 21.5. The maximum absolute atomic E-state index is 13.3. The van der Waals surface area contributed by atoms with Crippen LogP contribution in [0.1, 0.15) is 31.2 Å². The number of carboxylic acid groups (broad SMARTS) is 1. The van der Waals surface area contributed by atoms with Gasteiger partial charge in [-0.3, -0.25) is 29.0 Å². The molecule has 0 saturated heterocycles. The van der Waals surface area contributed by atoms with Crippen molar-refractivity contribution in [2.75, 3.05) is 6.54 Å². The predicted molar refractivity (Wildman–Crippen MR) is 141 cm³/mol. The number of hydrogen-bond donors (Lipinski definition) is 10. The van der Waals surface area contributed by atoms with Gasteiger partial charge in [0.05, 0.1) is 18.9 Å². The Balaban J connectivity index is 3.21. The molecule has 40 heavy (non-hydrogen) atoms. The van der Waals surface area contributed by atoms with Crippen molar-refractivity contribution < 1.29 is 39.0 Å². The Labute approximate surface area is 228 Å². The summed E-state index contributed by atoms with van der Waals surface area (Å²) in [4.78, 5) is 76.5. The summed E-state index contributed by atoms with van der Waals surface area (Å²) in [5, 5.41) is 25.9. The Hall–Kier alpha value is -4.93. The van der Waals surface area contributed by atoms with Crippen LogP contribution >= 0.6 is 0 Å². The Bertz CT molecular complexity index is 1110. The average Bonchev–Trinajstić information content (AvgIpc) is 2.85. The standard InChI is InChI=1S/C23H35N9O8/c24-13(9-17(25)34)19(36)30-14(2-1-7-29-23(27)28)20(37)31-15(8-11-3-5-12(33)6-4-11)21(38)32-16(22(39)40)10-18(26)35/h3-6,13-16,33H,1-2,7-10,24H2,(H2,25,34)(H2,26,35)(H,30,36)(H,31,37)(H,32,38)(H,39,40)(H4,27,28,29). The van der Waals surface area contributed by atoms with E-state index in [2.05, 4.69) is 20.9 Å². The van der Waals surface area contributed by atoms with E-state index >= 15 is 0 Å². The van der Waals surface area contributed by atoms with Crippen LogP contribution in [0, 0.1) is 0 Å². The van der Waals surface area contributed by atoms with Crippen molar-refractivity contribution >= 4 is 41.5 Å². The number of primary amides is 2. The molecule has 0 radical (unpaired) electrons. The van der Waals surface area contributed by atoms with Crippen LogP contribution in [0.2, 0.25) is 0 Å². The van der Waals surface area contributed by atoms with Crippen LogP contribution in [0.15, 0.2) is 29.3 Å². The molecule has 0 bridgehead atoms. The second-order valence-corrected chi connectivity index (χ2v) is 8.79. The Kier molecular flexibility index (Phi) is 13.3. The summed E-state index contributed by atoms with van der Waals surface area (Å²) in [5.41, 5.74) is 26.9. The minimum Gasteiger partial charge on any atom is -0.508 e. The molecule has 4 atom stereocenters. The lowest BCUT2D eigenvalue weighted by Crippen LogP contribution is -2.58. The fourth-order valence-electron chi connectivity index (χ4n) is 3.38. The van der Waals surface area contributed by atoms with Gasteiger partial charge in [0.15, 0.2) is 5.96 Å². The zero-order valence-corrected chi connectivity index (χ0v) is 21.5. The molecule has 0 saturated carbocycles. The van der Waals surface area contributed by atoms with Gasteiger partial charge in [-0.05, 0) is 30.5 Å². The highest BCUT2D eigenvalue weighted by molar-refractivity contribution is 5.95. The highest BCUT2D eigenvalue weighted by Gasteiger charge is 2.31. The predicted octanol–water partition coefficient (Wildman–Crippen LogP) is -4.39. The molecule has 0 aliphatic heterocycles. The van der Waals surface area contributed by atoms with Gasteiger partial charge in [0.25, 0.3) is 0 Å². The van der Waals surface area contributed by atoms with E-state index in [9.17, 15) is 39.0 Å². The summed E-state index contributed by atoms with van der Waals surface area (Å²) in [5.74, 6) is -6.30. The number of carboxylic acids is 1. The summed E-state index contributed by atoms with van der Waals surface area (Å²) in [6, 6.07) is -0.0929. The summed E-state index contributed by atoms with van der Waals surface area (Å²) in [6.45, 7) is 0.0974. The van der Waals surface area contributed by atoms with Crippen molar-refractivity contribution in [1.82, 2.24) is 16.0 Å². The van der Waals surface area contributed by atoms with Gasteiger partial charge in [0.1, 0.15) is 23.9 Å². The Morgan fingerprint density at radius 3 is 1.82 bits per heavy atom. The van der Waals surface area contributed by atoms with E-state index in [4.69, 9.17) is 28.7 Å². The fraction of sp³-hybridized carbons (Fsp3) is 0.435. The van der Waals surface area contributed by atoms with Crippen LogP contribution in [0.4, 0.5) is 0 Å². The number of benzene rings is 1. The molecule has 0 heterocycles. The van der Waals surface area contributed by atoms with Crippen molar-refractivity contribution in [2.45, 2.75) is 56.3 Å². The molecule has 0 fully saturated rings. The van der Waals surface area contributed by atoms with Gasteiger partial charge in [-0.15, -0.1) is 0 Å². The number of carbonyl (C=O) groups is 6. The van der Waals surface area contributed by atoms with Crippen LogP contribution in [0.3, 0.4) is 0 Å². The Morgan fingerprint density at radius 2 is 1.30 bits per heavy atom. The van der Waals surface area contributed by atoms with Gasteiger partial charge in [0, 0.05) is 13.0 Å². The average molecular weight is 566 g/mol. The minimum atomic E-state index is -1.67. The van der Waals surface area contributed by atoms with E-state index in [0.29, 0.717) is 5.56 Å². The lowest BCUT2D eigenvalue weighted by molar-refractivity contribution is -0.143. The highest BCUT2D eigenvalue weighted by atomic mass is 16.4. The van der Waals surface area contributed by atoms with E-state index < -0.39 is 72.5 Å². The lowest BCUT2D eigenvalue weighted by Gasteiger charge is -2.25. The fourth-order valence-corrected chi connectivity index (χ4v) is 3.38. The molecular weight excluding hydrogens is 530 g/mol. The lowest BCUT2D eigenvalue weighted by atomic mass is 10.0. The van der Waals surface area contributed by atoms with Gasteiger partial charge in [0.2, 0.25) is 29.5 Å². The number of nitrogens with two attached hydrogens (primary N) is 5. The topological polar surface area (TPSA) is 321 Å². The third-order valence-electron chi connectivity index (χ3n) is 5.37. The van der Waals surface area contributed by atoms with Gasteiger partial charge in [-0.1, -0.05) is 12.1 Å². The molecular formula is C23H35N9O8. The number of amides is 5. The maximum Gasteiger partial charge on any atom is 0.326 e. The molecule has 5 amide bonds. The molecule has 1 aromatic rings. The Morgan fingerprint density at radius 1 is 0.775 bits per heavy atom. The van der Waals surface area contributed by atoms with Crippen molar-refractivity contribution in [2.24, 2.45) is 33.7 Å². The first-order chi connectivity index (χ1) is 18.7. The van der Waals surface area contributed by atoms with Crippen LogP contribution in [-0.4, -0.2) is 82.4 Å². The first-order valence-electron chi connectivity index (χ1n) is 12.0. The van der Waals surface area contributed by atoms with Crippen LogP contribution in [-0.2, 0) is 35.2 Å². The molecule has 17 heteroatoms. The number of phenols is 1. The van der Waals surface area contributed by atoms with E-state index in [1.165, 1.54) is 24.3 Å². The quantitative estimate of drug-likeness (QED) is 0.0488. The van der Waals surface area contributed by atoms with E-state index in [1.807, 2.05) is 0 Å². The molecule has 17 nitrogen and oxygen atoms in total. The normalized spacial score (nSPS) is 13.5. The molecule has 1 rings (SSSR count). The van der Waals surface area contributed by atoms with Crippen molar-refractivity contribution in [3.05, 3.63) is 29.8 Å². The van der Waals surface area contributed by atoms with Gasteiger partial charge >= 0.3 is 5.97 Å². The smallest absolute Gasteiger partial charge is 0.326 e. The number of hydrogen-bond acceptors (Lipinski definition) is 9. The number of carbonyl (C=O) groups excluding carboxylic acids is 5. The molecule has 4 unspecified atom stereocenters. The first kappa shape index (κ1) is 33.1. The zero-order chi connectivity index (χ0) is 30.4. The SMILES string of the molecule is NC(=O)CC(N)C(=O)NC(CCCN=C(N)N)C(=O)NC(Cc1ccc(O)cc1)C(=O)NC(CC(N)=O)C(=O)O. The molecule has 220 valence electrons. The number of guanidine groups is 1. The summed E-state index contributed by atoms with van der Waals surface area (Å²) in [6.07, 6.45) is -1.18. The third-order valence-corrected chi connectivity index (χ3v) is 5.37. The second kappa shape index (κ2) is 16.1. The monoisotopic (exact) mass is 565 g/mol. The molecule has 0 aromatic heterocycles. The number of rotatable bonds is 17. The number of aromatic hydroxyl groups is 1. The molecule has 0 aliphatic rings. The van der Waals surface area contributed by atoms with Gasteiger partial charge in [-0.25, -0.2) is 4.79 Å². The first-order valence-corrected chi connectivity index (χ1v) is 12.0. The van der Waals surface area contributed by atoms with Gasteiger partial charge in [-0.2, -0.15) is 0 Å². The number of aliphatic imine (C=N–C) groups is 1. The molecule has 15 N–H and O–H groups in total. The number of nitrogens with zero attached hydrogens (tertiary/aromatic N) is 1. The van der Waals surface area contributed by atoms with Crippen molar-refractivity contribution in [3.8, 4) is 5.75 Å². The summed E-state index contributed by atoms with van der Waals surface area (Å²) in [7, 11) is 0. The van der Waals surface area contributed by atoms with Crippen LogP contribution < -0.4 is 44.6 Å². The largest absolute Gasteiger partial charge is 0.508 e. The second-order valence-electron chi connectivity index (χ2n) is 8.79. The van der Waals surface area contributed by atoms with Gasteiger partial charge < -0.3 is 54.8 Å². The highest BCUT2D eigenvalue weighted by Crippen LogP contribution is 2.12. The van der Waals surface area contributed by atoms with E-state index in [0.717, 1.165) is 0 Å². The molecule has 0 aliphatic carbocycles. The van der Waals surface area contributed by atoms with Crippen LogP contribution in [0.25, 0.3) is 0 Å². The number of phenolic OH excluding ortho intramolecular Hbond substituents is 1. The van der Waals surface area contributed by atoms with E-state index in [1.54, 1.807) is 0 Å². The third kappa shape index (κ3) is 12.5. The number of nitrogens with one attached hydrogen (secondary N) is 3.